The summed E-state index contributed by atoms with van der Waals surface area (Å²) in [5.41, 5.74) is 8.72. The lowest BCUT2D eigenvalue weighted by Gasteiger charge is -2.21. The number of benzene rings is 1. The van der Waals surface area contributed by atoms with Gasteiger partial charge in [-0.1, -0.05) is 20.8 Å². The molecule has 0 radical (unpaired) electrons. The molecule has 104 valence electrons. The summed E-state index contributed by atoms with van der Waals surface area (Å²) in [7, 11) is 1.74. The van der Waals surface area contributed by atoms with Crippen LogP contribution in [0.15, 0.2) is 18.2 Å². The van der Waals surface area contributed by atoms with Crippen LogP contribution in [0.5, 0.6) is 0 Å². The van der Waals surface area contributed by atoms with Gasteiger partial charge in [-0.05, 0) is 24.6 Å². The van der Waals surface area contributed by atoms with Crippen LogP contribution in [0.2, 0.25) is 0 Å². The van der Waals surface area contributed by atoms with Crippen LogP contribution in [-0.2, 0) is 4.74 Å². The maximum atomic E-state index is 5.85. The molecule has 1 heterocycles. The summed E-state index contributed by atoms with van der Waals surface area (Å²) in [4.78, 5) is 4.75. The average molecular weight is 261 g/mol. The second kappa shape index (κ2) is 5.61. The summed E-state index contributed by atoms with van der Waals surface area (Å²) < 4.78 is 7.66. The van der Waals surface area contributed by atoms with Gasteiger partial charge in [0.05, 0.1) is 23.7 Å². The van der Waals surface area contributed by atoms with Crippen molar-refractivity contribution < 1.29 is 4.74 Å². The molecule has 1 unspecified atom stereocenters. The van der Waals surface area contributed by atoms with E-state index in [1.165, 1.54) is 0 Å². The summed E-state index contributed by atoms with van der Waals surface area (Å²) in [6.07, 6.45) is 1.02. The molecule has 2 aromatic rings. The number of nitrogens with zero attached hydrogens (tertiary/aromatic N) is 2. The lowest BCUT2D eigenvalue weighted by molar-refractivity contribution is 0.153. The molecule has 4 heteroatoms. The number of nitrogen functional groups attached to an aromatic ring is 1. The number of ether oxygens (including phenoxy) is 1. The van der Waals surface area contributed by atoms with Crippen LogP contribution in [0, 0.1) is 0 Å². The Labute approximate surface area is 114 Å². The normalized spacial score (nSPS) is 13.3. The molecule has 2 N–H and O–H groups in total. The van der Waals surface area contributed by atoms with Crippen LogP contribution < -0.4 is 5.73 Å². The summed E-state index contributed by atoms with van der Waals surface area (Å²) in [5.74, 6) is 1.48. The van der Waals surface area contributed by atoms with Crippen LogP contribution in [0.3, 0.4) is 0 Å². The van der Waals surface area contributed by atoms with Crippen molar-refractivity contribution in [1.29, 1.82) is 0 Å². The van der Waals surface area contributed by atoms with E-state index in [2.05, 4.69) is 31.4 Å². The minimum absolute atomic E-state index is 0.316. The number of anilines is 1. The highest BCUT2D eigenvalue weighted by atomic mass is 16.5. The number of rotatable bonds is 5. The predicted octanol–water partition coefficient (Wildman–Crippen LogP) is 3.34. The maximum absolute atomic E-state index is 5.85. The third-order valence-electron chi connectivity index (χ3n) is 3.45. The Kier molecular flexibility index (Phi) is 4.10. The topological polar surface area (TPSA) is 53.1 Å². The third kappa shape index (κ3) is 2.59. The van der Waals surface area contributed by atoms with E-state index in [1.807, 2.05) is 12.1 Å². The number of methoxy groups -OCH3 is 1. The second-order valence-electron chi connectivity index (χ2n) is 5.26. The van der Waals surface area contributed by atoms with Crippen molar-refractivity contribution in [3.8, 4) is 0 Å². The van der Waals surface area contributed by atoms with E-state index in [4.69, 9.17) is 15.5 Å². The van der Waals surface area contributed by atoms with Gasteiger partial charge in [-0.15, -0.1) is 0 Å². The van der Waals surface area contributed by atoms with Crippen molar-refractivity contribution in [1.82, 2.24) is 9.55 Å². The van der Waals surface area contributed by atoms with Gasteiger partial charge >= 0.3 is 0 Å². The molecule has 0 aliphatic carbocycles. The van der Waals surface area contributed by atoms with Crippen LogP contribution in [0.25, 0.3) is 11.0 Å². The van der Waals surface area contributed by atoms with Gasteiger partial charge in [0.2, 0.25) is 0 Å². The number of nitrogens with two attached hydrogens (primary N) is 1. The van der Waals surface area contributed by atoms with E-state index in [-0.39, 0.29) is 0 Å². The molecular formula is C15H23N3O. The van der Waals surface area contributed by atoms with Crippen molar-refractivity contribution >= 4 is 16.7 Å². The zero-order chi connectivity index (χ0) is 14.0. The molecule has 0 saturated heterocycles. The third-order valence-corrected chi connectivity index (χ3v) is 3.45. The Balaban J connectivity index is 2.63. The summed E-state index contributed by atoms with van der Waals surface area (Å²) in [6, 6.07) is 6.25. The first-order chi connectivity index (χ1) is 9.08. The van der Waals surface area contributed by atoms with Gasteiger partial charge < -0.3 is 15.0 Å². The van der Waals surface area contributed by atoms with E-state index < -0.39 is 0 Å². The van der Waals surface area contributed by atoms with E-state index in [9.17, 15) is 0 Å². The van der Waals surface area contributed by atoms with Gasteiger partial charge in [-0.2, -0.15) is 0 Å². The largest absolute Gasteiger partial charge is 0.399 e. The number of hydrogen-bond acceptors (Lipinski definition) is 3. The van der Waals surface area contributed by atoms with Crippen molar-refractivity contribution in [2.45, 2.75) is 39.2 Å². The zero-order valence-corrected chi connectivity index (χ0v) is 12.2. The molecule has 1 atom stereocenters. The molecular weight excluding hydrogens is 238 g/mol. The Morgan fingerprint density at radius 3 is 2.68 bits per heavy atom. The maximum Gasteiger partial charge on any atom is 0.112 e. The van der Waals surface area contributed by atoms with E-state index in [1.54, 1.807) is 7.11 Å². The molecule has 0 aliphatic heterocycles. The molecule has 0 saturated carbocycles. The lowest BCUT2D eigenvalue weighted by Crippen LogP contribution is -2.17. The molecule has 0 bridgehead atoms. The molecule has 19 heavy (non-hydrogen) atoms. The van der Waals surface area contributed by atoms with Gasteiger partial charge in [-0.25, -0.2) is 4.98 Å². The van der Waals surface area contributed by atoms with Crippen molar-refractivity contribution in [3.05, 3.63) is 24.0 Å². The minimum atomic E-state index is 0.316. The van der Waals surface area contributed by atoms with Crippen molar-refractivity contribution in [3.63, 3.8) is 0 Å². The first-order valence-electron chi connectivity index (χ1n) is 6.84. The molecule has 1 aromatic heterocycles. The predicted molar refractivity (Wildman–Crippen MR) is 79.4 cm³/mol. The molecule has 4 nitrogen and oxygen atoms in total. The van der Waals surface area contributed by atoms with Gasteiger partial charge in [0.25, 0.3) is 0 Å². The molecule has 0 aliphatic rings. The number of hydrogen-bond donors (Lipinski definition) is 1. The smallest absolute Gasteiger partial charge is 0.112 e. The molecule has 1 aromatic carbocycles. The monoisotopic (exact) mass is 261 g/mol. The molecule has 0 spiro atoms. The highest BCUT2D eigenvalue weighted by Gasteiger charge is 2.19. The van der Waals surface area contributed by atoms with Gasteiger partial charge in [0.15, 0.2) is 0 Å². The highest BCUT2D eigenvalue weighted by Crippen LogP contribution is 2.28. The fourth-order valence-electron chi connectivity index (χ4n) is 2.49. The van der Waals surface area contributed by atoms with Gasteiger partial charge in [0.1, 0.15) is 5.82 Å². The lowest BCUT2D eigenvalue weighted by atomic mass is 10.1. The van der Waals surface area contributed by atoms with Crippen LogP contribution in [-0.4, -0.2) is 23.3 Å². The standard InChI is InChI=1S/C15H23N3O/c1-5-12(9-19-4)18-14-7-6-11(16)8-13(14)17-15(18)10(2)3/h6-8,10,12H,5,9,16H2,1-4H3. The minimum Gasteiger partial charge on any atom is -0.399 e. The summed E-state index contributed by atoms with van der Waals surface area (Å²) in [5, 5.41) is 0. The van der Waals surface area contributed by atoms with Gasteiger partial charge in [0, 0.05) is 18.7 Å². The summed E-state index contributed by atoms with van der Waals surface area (Å²) >= 11 is 0. The number of aromatic nitrogens is 2. The zero-order valence-electron chi connectivity index (χ0n) is 12.2. The molecule has 0 fully saturated rings. The van der Waals surface area contributed by atoms with E-state index >= 15 is 0 Å². The highest BCUT2D eigenvalue weighted by molar-refractivity contribution is 5.80. The summed E-state index contributed by atoms with van der Waals surface area (Å²) in [6.45, 7) is 7.21. The Morgan fingerprint density at radius 1 is 1.37 bits per heavy atom. The van der Waals surface area contributed by atoms with E-state index in [0.717, 1.165) is 29.0 Å². The average Bonchev–Trinajstić information content (AvgIpc) is 2.74. The van der Waals surface area contributed by atoms with Gasteiger partial charge in [-0.3, -0.25) is 0 Å². The molecule has 2 rings (SSSR count). The second-order valence-corrected chi connectivity index (χ2v) is 5.26. The Morgan fingerprint density at radius 2 is 2.11 bits per heavy atom. The molecule has 0 amide bonds. The fraction of sp³-hybridized carbons (Fsp3) is 0.533. The van der Waals surface area contributed by atoms with Crippen molar-refractivity contribution in [2.75, 3.05) is 19.5 Å². The SMILES string of the molecule is CCC(COC)n1c(C(C)C)nc2cc(N)ccc21. The fourth-order valence-corrected chi connectivity index (χ4v) is 2.49. The van der Waals surface area contributed by atoms with Crippen LogP contribution >= 0.6 is 0 Å². The number of fused-ring (bicyclic) bond motifs is 1. The van der Waals surface area contributed by atoms with Crippen LogP contribution in [0.1, 0.15) is 45.0 Å². The number of imidazole rings is 1. The van der Waals surface area contributed by atoms with E-state index in [0.29, 0.717) is 18.6 Å². The Hall–Kier alpha value is -1.55. The quantitative estimate of drug-likeness (QED) is 0.840. The Bertz CT molecular complexity index is 560. The van der Waals surface area contributed by atoms with Crippen molar-refractivity contribution in [2.24, 2.45) is 0 Å². The first kappa shape index (κ1) is 13.9. The van der Waals surface area contributed by atoms with Crippen LogP contribution in [0.4, 0.5) is 5.69 Å². The first-order valence-corrected chi connectivity index (χ1v) is 6.84.